The largest absolute Gasteiger partial charge is 0.503 e. The van der Waals surface area contributed by atoms with Gasteiger partial charge in [0, 0.05) is 12.1 Å². The number of carbonyl (C=O) groups is 2. The summed E-state index contributed by atoms with van der Waals surface area (Å²) < 4.78 is 0. The summed E-state index contributed by atoms with van der Waals surface area (Å²) in [6.07, 6.45) is 0.228. The average molecular weight is 418 g/mol. The number of benzene rings is 2. The van der Waals surface area contributed by atoms with Crippen molar-refractivity contribution in [3.05, 3.63) is 75.0 Å². The van der Waals surface area contributed by atoms with E-state index in [1.807, 2.05) is 39.0 Å². The Bertz CT molecular complexity index is 981. The maximum absolute atomic E-state index is 13.0. The maximum Gasteiger partial charge on any atom is 0.294 e. The second-order valence-corrected chi connectivity index (χ2v) is 8.19. The fourth-order valence-corrected chi connectivity index (χ4v) is 3.72. The molecule has 0 saturated carbocycles. The van der Waals surface area contributed by atoms with E-state index in [0.717, 1.165) is 5.56 Å². The molecule has 1 aliphatic heterocycles. The molecule has 1 atom stereocenters. The quantitative estimate of drug-likeness (QED) is 0.666. The van der Waals surface area contributed by atoms with Crippen LogP contribution in [0.15, 0.2) is 53.8 Å². The van der Waals surface area contributed by atoms with Crippen molar-refractivity contribution in [2.24, 2.45) is 5.92 Å². The van der Waals surface area contributed by atoms with Crippen molar-refractivity contribution in [1.29, 1.82) is 0 Å². The molecule has 0 spiro atoms. The first-order valence-corrected chi connectivity index (χ1v) is 9.77. The van der Waals surface area contributed by atoms with Crippen molar-refractivity contribution in [3.63, 3.8) is 0 Å². The number of halogens is 2. The molecule has 1 heterocycles. The van der Waals surface area contributed by atoms with Crippen molar-refractivity contribution in [1.82, 2.24) is 0 Å². The Morgan fingerprint density at radius 3 is 2.46 bits per heavy atom. The van der Waals surface area contributed by atoms with Crippen LogP contribution in [0.25, 0.3) is 0 Å². The Kier molecular flexibility index (Phi) is 5.82. The number of hydrogen-bond donors (Lipinski definition) is 1. The molecule has 0 bridgehead atoms. The van der Waals surface area contributed by atoms with Gasteiger partial charge in [-0.05, 0) is 48.2 Å². The minimum atomic E-state index is -0.768. The average Bonchev–Trinajstić information content (AvgIpc) is 2.88. The Morgan fingerprint density at radius 2 is 1.86 bits per heavy atom. The van der Waals surface area contributed by atoms with Gasteiger partial charge in [0.05, 0.1) is 21.7 Å². The lowest BCUT2D eigenvalue weighted by atomic mass is 9.92. The van der Waals surface area contributed by atoms with Gasteiger partial charge in [-0.15, -0.1) is 0 Å². The number of rotatable bonds is 5. The lowest BCUT2D eigenvalue weighted by Gasteiger charge is -2.27. The van der Waals surface area contributed by atoms with Crippen LogP contribution in [0.4, 0.5) is 5.69 Å². The Labute approximate surface area is 174 Å². The Hall–Kier alpha value is -2.30. The van der Waals surface area contributed by atoms with Gasteiger partial charge in [-0.1, -0.05) is 55.2 Å². The second-order valence-electron chi connectivity index (χ2n) is 7.37. The third-order valence-electron chi connectivity index (χ3n) is 4.64. The molecule has 0 fully saturated rings. The van der Waals surface area contributed by atoms with Crippen molar-refractivity contribution in [2.45, 2.75) is 33.2 Å². The number of aryl methyl sites for hydroxylation is 1. The molecule has 1 amide bonds. The van der Waals surface area contributed by atoms with E-state index < -0.39 is 17.7 Å². The van der Waals surface area contributed by atoms with E-state index in [1.54, 1.807) is 24.3 Å². The number of hydrogen-bond acceptors (Lipinski definition) is 3. The normalized spacial score (nSPS) is 17.0. The third kappa shape index (κ3) is 3.80. The van der Waals surface area contributed by atoms with Crippen LogP contribution in [0, 0.1) is 12.8 Å². The minimum absolute atomic E-state index is 0.0883. The van der Waals surface area contributed by atoms with Crippen molar-refractivity contribution < 1.29 is 14.7 Å². The molecule has 0 saturated heterocycles. The molecule has 0 radical (unpaired) electrons. The predicted octanol–water partition coefficient (Wildman–Crippen LogP) is 5.82. The molecule has 0 aliphatic carbocycles. The molecule has 28 heavy (non-hydrogen) atoms. The van der Waals surface area contributed by atoms with Gasteiger partial charge in [0.15, 0.2) is 11.5 Å². The fraction of sp³-hybridized carbons (Fsp3) is 0.273. The van der Waals surface area contributed by atoms with Gasteiger partial charge in [0.1, 0.15) is 0 Å². The first kappa shape index (κ1) is 20.4. The number of nitrogens with zero attached hydrogens (tertiary/aromatic N) is 1. The van der Waals surface area contributed by atoms with Gasteiger partial charge < -0.3 is 5.11 Å². The summed E-state index contributed by atoms with van der Waals surface area (Å²) in [5.41, 5.74) is 2.26. The molecular weight excluding hydrogens is 397 g/mol. The zero-order chi connectivity index (χ0) is 20.6. The Balaban J connectivity index is 2.18. The van der Waals surface area contributed by atoms with Crippen LogP contribution < -0.4 is 4.90 Å². The van der Waals surface area contributed by atoms with Crippen LogP contribution in [-0.4, -0.2) is 16.8 Å². The van der Waals surface area contributed by atoms with Crippen molar-refractivity contribution in [3.8, 4) is 0 Å². The molecule has 1 N–H and O–H groups in total. The summed E-state index contributed by atoms with van der Waals surface area (Å²) in [6, 6.07) is 11.6. The number of carbonyl (C=O) groups excluding carboxylic acids is 2. The van der Waals surface area contributed by atoms with Crippen LogP contribution in [-0.2, 0) is 9.59 Å². The summed E-state index contributed by atoms with van der Waals surface area (Å²) in [7, 11) is 0. The number of amides is 1. The van der Waals surface area contributed by atoms with Gasteiger partial charge in [-0.3, -0.25) is 14.5 Å². The van der Waals surface area contributed by atoms with Crippen molar-refractivity contribution in [2.75, 3.05) is 4.90 Å². The Morgan fingerprint density at radius 1 is 1.14 bits per heavy atom. The maximum atomic E-state index is 13.0. The van der Waals surface area contributed by atoms with Crippen LogP contribution in [0.1, 0.15) is 37.4 Å². The molecular formula is C22H21Cl2NO3. The van der Waals surface area contributed by atoms with E-state index in [-0.39, 0.29) is 23.7 Å². The third-order valence-corrected chi connectivity index (χ3v) is 5.38. The van der Waals surface area contributed by atoms with Gasteiger partial charge in [0.25, 0.3) is 5.91 Å². The monoisotopic (exact) mass is 417 g/mol. The molecule has 1 unspecified atom stereocenters. The second kappa shape index (κ2) is 7.98. The minimum Gasteiger partial charge on any atom is -0.503 e. The van der Waals surface area contributed by atoms with E-state index >= 15 is 0 Å². The van der Waals surface area contributed by atoms with Gasteiger partial charge in [-0.2, -0.15) is 0 Å². The molecule has 146 valence electrons. The number of aliphatic hydroxyl groups excluding tert-OH is 1. The fourth-order valence-electron chi connectivity index (χ4n) is 3.41. The number of aliphatic hydroxyl groups is 1. The highest BCUT2D eigenvalue weighted by atomic mass is 35.5. The van der Waals surface area contributed by atoms with Gasteiger partial charge in [0.2, 0.25) is 0 Å². The standard InChI is InChI=1S/C22H21Cl2NO3/c1-12(2)9-18(26)19-20(14-7-8-16(23)17(24)11-14)25(22(28)21(19)27)15-6-4-5-13(3)10-15/h4-8,10-12,20,27H,9H2,1-3H3. The first-order chi connectivity index (χ1) is 13.2. The summed E-state index contributed by atoms with van der Waals surface area (Å²) in [5, 5.41) is 11.3. The molecule has 3 rings (SSSR count). The molecule has 0 aromatic heterocycles. The highest BCUT2D eigenvalue weighted by Crippen LogP contribution is 2.43. The topological polar surface area (TPSA) is 57.6 Å². The smallest absolute Gasteiger partial charge is 0.294 e. The summed E-state index contributed by atoms with van der Waals surface area (Å²) >= 11 is 12.2. The first-order valence-electron chi connectivity index (χ1n) is 9.02. The van der Waals surface area contributed by atoms with E-state index in [9.17, 15) is 14.7 Å². The molecule has 2 aromatic carbocycles. The van der Waals surface area contributed by atoms with Crippen LogP contribution in [0.3, 0.4) is 0 Å². The summed E-state index contributed by atoms with van der Waals surface area (Å²) in [6.45, 7) is 5.74. The lowest BCUT2D eigenvalue weighted by Crippen LogP contribution is -2.31. The van der Waals surface area contributed by atoms with Gasteiger partial charge in [-0.25, -0.2) is 0 Å². The van der Waals surface area contributed by atoms with E-state index in [4.69, 9.17) is 23.2 Å². The number of ketones is 1. The van der Waals surface area contributed by atoms with Gasteiger partial charge >= 0.3 is 0 Å². The zero-order valence-electron chi connectivity index (χ0n) is 15.9. The van der Waals surface area contributed by atoms with Crippen LogP contribution in [0.5, 0.6) is 0 Å². The lowest BCUT2D eigenvalue weighted by molar-refractivity contribution is -0.118. The van der Waals surface area contributed by atoms with Crippen LogP contribution >= 0.6 is 23.2 Å². The molecule has 2 aromatic rings. The predicted molar refractivity (Wildman–Crippen MR) is 112 cm³/mol. The highest BCUT2D eigenvalue weighted by molar-refractivity contribution is 6.42. The number of anilines is 1. The highest BCUT2D eigenvalue weighted by Gasteiger charge is 2.44. The van der Waals surface area contributed by atoms with E-state index in [1.165, 1.54) is 4.90 Å². The van der Waals surface area contributed by atoms with E-state index in [0.29, 0.717) is 21.3 Å². The summed E-state index contributed by atoms with van der Waals surface area (Å²) in [4.78, 5) is 27.3. The summed E-state index contributed by atoms with van der Waals surface area (Å²) in [5.74, 6) is -1.28. The molecule has 6 heteroatoms. The van der Waals surface area contributed by atoms with E-state index in [2.05, 4.69) is 0 Å². The zero-order valence-corrected chi connectivity index (χ0v) is 17.4. The van der Waals surface area contributed by atoms with Crippen molar-refractivity contribution >= 4 is 40.6 Å². The molecule has 1 aliphatic rings. The number of Topliss-reactive ketones (excluding diaryl/α,β-unsaturated/α-hetero) is 1. The SMILES string of the molecule is Cc1cccc(N2C(=O)C(O)=C(C(=O)CC(C)C)C2c2ccc(Cl)c(Cl)c2)c1. The molecule has 4 nitrogen and oxygen atoms in total. The van der Waals surface area contributed by atoms with Crippen LogP contribution in [0.2, 0.25) is 10.0 Å².